The molecule has 0 fully saturated rings. The van der Waals surface area contributed by atoms with Gasteiger partial charge in [-0.3, -0.25) is 14.5 Å². The molecule has 3 rings (SSSR count). The zero-order valence-corrected chi connectivity index (χ0v) is 12.6. The molecule has 0 spiro atoms. The molecule has 1 atom stereocenters. The third-order valence-electron chi connectivity index (χ3n) is 3.53. The summed E-state index contributed by atoms with van der Waals surface area (Å²) in [5.41, 5.74) is 2.80. The van der Waals surface area contributed by atoms with Crippen molar-refractivity contribution in [1.29, 1.82) is 0 Å². The van der Waals surface area contributed by atoms with Crippen LogP contribution in [0.1, 0.15) is 22.0 Å². The van der Waals surface area contributed by atoms with E-state index in [9.17, 15) is 9.90 Å². The average Bonchev–Trinajstić information content (AvgIpc) is 3.21. The van der Waals surface area contributed by atoms with Gasteiger partial charge in [-0.25, -0.2) is 0 Å². The molecule has 0 saturated heterocycles. The number of hydrogen-bond donors (Lipinski definition) is 3. The lowest BCUT2D eigenvalue weighted by Gasteiger charge is -2.11. The topological polar surface area (TPSA) is 95.8 Å². The highest BCUT2D eigenvalue weighted by Crippen LogP contribution is 2.22. The van der Waals surface area contributed by atoms with E-state index in [2.05, 4.69) is 20.4 Å². The molecule has 3 N–H and O–H groups in total. The highest BCUT2D eigenvalue weighted by molar-refractivity contribution is 6.00. The fraction of sp³-hybridized carbons (Fsp3) is 0.188. The second kappa shape index (κ2) is 6.45. The average molecular weight is 311 g/mol. The summed E-state index contributed by atoms with van der Waals surface area (Å²) < 4.78 is 1.68. The van der Waals surface area contributed by atoms with Crippen LogP contribution in [-0.2, 0) is 7.05 Å². The van der Waals surface area contributed by atoms with Gasteiger partial charge in [0.05, 0.1) is 17.9 Å². The Kier molecular flexibility index (Phi) is 4.20. The van der Waals surface area contributed by atoms with Crippen molar-refractivity contribution in [3.63, 3.8) is 0 Å². The highest BCUT2D eigenvalue weighted by atomic mass is 16.3. The number of nitrogens with zero attached hydrogens (tertiary/aromatic N) is 3. The summed E-state index contributed by atoms with van der Waals surface area (Å²) in [5, 5.41) is 16.9. The zero-order chi connectivity index (χ0) is 16.2. The lowest BCUT2D eigenvalue weighted by molar-refractivity contribution is 0.0917. The molecule has 7 nitrogen and oxygen atoms in total. The van der Waals surface area contributed by atoms with Crippen LogP contribution in [0.4, 0.5) is 0 Å². The van der Waals surface area contributed by atoms with E-state index in [0.29, 0.717) is 11.1 Å². The highest BCUT2D eigenvalue weighted by Gasteiger charge is 2.16. The summed E-state index contributed by atoms with van der Waals surface area (Å²) in [6, 6.07) is 3.51. The lowest BCUT2D eigenvalue weighted by Crippen LogP contribution is -2.28. The number of H-pyrrole nitrogens is 1. The molecule has 3 aromatic heterocycles. The van der Waals surface area contributed by atoms with Crippen LogP contribution in [0.2, 0.25) is 0 Å². The van der Waals surface area contributed by atoms with Gasteiger partial charge in [0.2, 0.25) is 0 Å². The molecule has 1 unspecified atom stereocenters. The monoisotopic (exact) mass is 311 g/mol. The van der Waals surface area contributed by atoms with E-state index >= 15 is 0 Å². The maximum Gasteiger partial charge on any atom is 0.253 e. The minimum Gasteiger partial charge on any atom is -0.387 e. The first-order valence-electron chi connectivity index (χ1n) is 7.17. The first-order chi connectivity index (χ1) is 11.1. The molecule has 0 aromatic carbocycles. The Balaban J connectivity index is 1.69. The van der Waals surface area contributed by atoms with Crippen molar-refractivity contribution in [2.75, 3.05) is 6.54 Å². The van der Waals surface area contributed by atoms with E-state index < -0.39 is 6.10 Å². The summed E-state index contributed by atoms with van der Waals surface area (Å²) in [5.74, 6) is -0.256. The van der Waals surface area contributed by atoms with Crippen molar-refractivity contribution < 1.29 is 9.90 Å². The number of amides is 1. The van der Waals surface area contributed by atoms with E-state index in [1.807, 2.05) is 13.2 Å². The number of carbonyl (C=O) groups excluding carboxylic acids is 1. The van der Waals surface area contributed by atoms with E-state index in [4.69, 9.17) is 0 Å². The van der Waals surface area contributed by atoms with Crippen LogP contribution in [0.3, 0.4) is 0 Å². The first kappa shape index (κ1) is 15.0. The van der Waals surface area contributed by atoms with Crippen LogP contribution < -0.4 is 5.32 Å². The Labute approximate surface area is 133 Å². The van der Waals surface area contributed by atoms with E-state index in [1.54, 1.807) is 47.8 Å². The van der Waals surface area contributed by atoms with Crippen LogP contribution in [0.5, 0.6) is 0 Å². The Morgan fingerprint density at radius 2 is 2.30 bits per heavy atom. The number of aliphatic hydroxyl groups is 1. The third kappa shape index (κ3) is 3.29. The molecule has 0 bridgehead atoms. The SMILES string of the molecule is Cn1cc(-c2c[nH]cc2C(=O)NCC(O)c2cccnc2)cn1. The maximum atomic E-state index is 12.4. The fourth-order valence-electron chi connectivity index (χ4n) is 2.33. The van der Waals surface area contributed by atoms with Crippen molar-refractivity contribution in [2.45, 2.75) is 6.10 Å². The van der Waals surface area contributed by atoms with Crippen LogP contribution in [-0.4, -0.2) is 37.3 Å². The molecule has 118 valence electrons. The van der Waals surface area contributed by atoms with Crippen LogP contribution >= 0.6 is 0 Å². The number of aromatic amines is 1. The van der Waals surface area contributed by atoms with Crippen molar-refractivity contribution >= 4 is 5.91 Å². The number of aliphatic hydroxyl groups excluding tert-OH is 1. The number of rotatable bonds is 5. The Morgan fingerprint density at radius 3 is 3.00 bits per heavy atom. The minimum absolute atomic E-state index is 0.113. The second-order valence-electron chi connectivity index (χ2n) is 5.20. The van der Waals surface area contributed by atoms with Gasteiger partial charge in [0, 0.05) is 61.3 Å². The number of pyridine rings is 1. The van der Waals surface area contributed by atoms with Crippen molar-refractivity contribution in [1.82, 2.24) is 25.1 Å². The molecular formula is C16H17N5O2. The predicted molar refractivity (Wildman–Crippen MR) is 84.5 cm³/mol. The number of carbonyl (C=O) groups is 1. The third-order valence-corrected chi connectivity index (χ3v) is 3.53. The van der Waals surface area contributed by atoms with Gasteiger partial charge in [0.1, 0.15) is 0 Å². The molecule has 0 radical (unpaired) electrons. The number of aromatic nitrogens is 4. The second-order valence-corrected chi connectivity index (χ2v) is 5.20. The van der Waals surface area contributed by atoms with Crippen molar-refractivity contribution in [3.8, 4) is 11.1 Å². The summed E-state index contributed by atoms with van der Waals surface area (Å²) in [6.45, 7) is 0.113. The van der Waals surface area contributed by atoms with Crippen LogP contribution in [0.25, 0.3) is 11.1 Å². The van der Waals surface area contributed by atoms with Gasteiger partial charge in [-0.2, -0.15) is 5.10 Å². The lowest BCUT2D eigenvalue weighted by atomic mass is 10.1. The molecule has 1 amide bonds. The van der Waals surface area contributed by atoms with Gasteiger partial charge in [-0.1, -0.05) is 6.07 Å². The van der Waals surface area contributed by atoms with E-state index in [-0.39, 0.29) is 12.5 Å². The van der Waals surface area contributed by atoms with Crippen LogP contribution in [0, 0.1) is 0 Å². The van der Waals surface area contributed by atoms with Gasteiger partial charge in [0.15, 0.2) is 0 Å². The largest absolute Gasteiger partial charge is 0.387 e. The molecule has 0 saturated carbocycles. The quantitative estimate of drug-likeness (QED) is 0.661. The number of aryl methyl sites for hydroxylation is 1. The van der Waals surface area contributed by atoms with Crippen molar-refractivity contribution in [3.05, 3.63) is 60.4 Å². The maximum absolute atomic E-state index is 12.4. The Hall–Kier alpha value is -2.93. The molecule has 23 heavy (non-hydrogen) atoms. The number of hydrogen-bond acceptors (Lipinski definition) is 4. The molecule has 3 aromatic rings. The standard InChI is InChI=1S/C16H17N5O2/c1-21-10-12(6-20-21)13-7-18-8-14(13)16(23)19-9-15(22)11-3-2-4-17-5-11/h2-8,10,15,18,22H,9H2,1H3,(H,19,23). The molecule has 0 aliphatic rings. The smallest absolute Gasteiger partial charge is 0.253 e. The van der Waals surface area contributed by atoms with Gasteiger partial charge < -0.3 is 15.4 Å². The summed E-state index contributed by atoms with van der Waals surface area (Å²) in [7, 11) is 1.82. The van der Waals surface area contributed by atoms with Gasteiger partial charge in [-0.15, -0.1) is 0 Å². The van der Waals surface area contributed by atoms with Gasteiger partial charge in [0.25, 0.3) is 5.91 Å². The van der Waals surface area contributed by atoms with Gasteiger partial charge >= 0.3 is 0 Å². The first-order valence-corrected chi connectivity index (χ1v) is 7.17. The molecule has 0 aliphatic carbocycles. The van der Waals surface area contributed by atoms with Crippen LogP contribution in [0.15, 0.2) is 49.3 Å². The Bertz CT molecular complexity index is 794. The van der Waals surface area contributed by atoms with Gasteiger partial charge in [-0.05, 0) is 6.07 Å². The van der Waals surface area contributed by atoms with E-state index in [1.165, 1.54) is 0 Å². The Morgan fingerprint density at radius 1 is 1.43 bits per heavy atom. The summed E-state index contributed by atoms with van der Waals surface area (Å²) in [6.07, 6.45) is 9.34. The molecule has 0 aliphatic heterocycles. The van der Waals surface area contributed by atoms with E-state index in [0.717, 1.165) is 11.1 Å². The predicted octanol–water partition coefficient (Wildman–Crippen LogP) is 1.27. The minimum atomic E-state index is -0.798. The zero-order valence-electron chi connectivity index (χ0n) is 12.6. The summed E-state index contributed by atoms with van der Waals surface area (Å²) in [4.78, 5) is 19.2. The molecule has 3 heterocycles. The van der Waals surface area contributed by atoms with Crippen molar-refractivity contribution in [2.24, 2.45) is 7.05 Å². The molecular weight excluding hydrogens is 294 g/mol. The normalized spacial score (nSPS) is 12.1. The fourth-order valence-corrected chi connectivity index (χ4v) is 2.33. The molecule has 7 heteroatoms. The summed E-state index contributed by atoms with van der Waals surface area (Å²) >= 11 is 0. The number of nitrogens with one attached hydrogen (secondary N) is 2.